The molecule has 0 aliphatic carbocycles. The summed E-state index contributed by atoms with van der Waals surface area (Å²) in [6.07, 6.45) is 1.16. The number of para-hydroxylation sites is 1. The molecule has 2 N–H and O–H groups in total. The maximum absolute atomic E-state index is 13.0. The van der Waals surface area contributed by atoms with Crippen molar-refractivity contribution in [2.75, 3.05) is 0 Å². The number of fused-ring (bicyclic) bond motifs is 3. The third-order valence-corrected chi connectivity index (χ3v) is 6.94. The van der Waals surface area contributed by atoms with Gasteiger partial charge in [0, 0.05) is 33.4 Å². The van der Waals surface area contributed by atoms with Gasteiger partial charge in [-0.1, -0.05) is 61.3 Å². The molecule has 0 saturated heterocycles. The molecule has 0 aliphatic rings. The molecular weight excluding hydrogens is 535 g/mol. The van der Waals surface area contributed by atoms with E-state index in [0.29, 0.717) is 22.2 Å². The minimum Gasteiger partial charge on any atom is -0.479 e. The molecule has 1 heterocycles. The molecule has 2 atom stereocenters. The van der Waals surface area contributed by atoms with Crippen LogP contribution in [0.5, 0.6) is 5.75 Å². The molecule has 0 radical (unpaired) electrons. The minimum absolute atomic E-state index is 0.158. The number of hydrazone groups is 1. The van der Waals surface area contributed by atoms with Crippen LogP contribution in [0.3, 0.4) is 0 Å². The van der Waals surface area contributed by atoms with Gasteiger partial charge in [0.05, 0.1) is 11.2 Å². The topological polar surface area (TPSA) is 84.7 Å². The second-order valence-electron chi connectivity index (χ2n) is 9.80. The Kier molecular flexibility index (Phi) is 9.15. The molecule has 39 heavy (non-hydrogen) atoms. The van der Waals surface area contributed by atoms with E-state index in [1.807, 2.05) is 32.0 Å². The summed E-state index contributed by atoms with van der Waals surface area (Å²) in [7, 11) is 0. The predicted molar refractivity (Wildman–Crippen MR) is 159 cm³/mol. The van der Waals surface area contributed by atoms with E-state index >= 15 is 0 Å². The predicted octanol–water partition coefficient (Wildman–Crippen LogP) is 6.57. The Labute approximate surface area is 238 Å². The first-order valence-corrected chi connectivity index (χ1v) is 13.7. The smallest absolute Gasteiger partial charge is 0.262 e. The molecule has 0 aliphatic heterocycles. The van der Waals surface area contributed by atoms with Crippen molar-refractivity contribution in [3.8, 4) is 5.75 Å². The van der Waals surface area contributed by atoms with Gasteiger partial charge in [0.2, 0.25) is 0 Å². The van der Waals surface area contributed by atoms with Gasteiger partial charge in [-0.2, -0.15) is 5.10 Å². The van der Waals surface area contributed by atoms with Crippen LogP contribution < -0.4 is 15.5 Å². The maximum Gasteiger partial charge on any atom is 0.262 e. The Bertz CT molecular complexity index is 1530. The zero-order valence-electron chi connectivity index (χ0n) is 22.4. The van der Waals surface area contributed by atoms with Gasteiger partial charge in [0.1, 0.15) is 11.8 Å². The number of nitrogens with one attached hydrogen (secondary N) is 2. The molecular formula is C30H32Cl2N4O3. The zero-order valence-corrected chi connectivity index (χ0v) is 23.9. The fourth-order valence-corrected chi connectivity index (χ4v) is 5.00. The molecule has 4 aromatic rings. The van der Waals surface area contributed by atoms with Gasteiger partial charge in [-0.05, 0) is 68.1 Å². The minimum atomic E-state index is -0.883. The summed E-state index contributed by atoms with van der Waals surface area (Å²) >= 11 is 12.1. The summed E-state index contributed by atoms with van der Waals surface area (Å²) in [4.78, 5) is 25.8. The summed E-state index contributed by atoms with van der Waals surface area (Å²) in [5, 5.41) is 10.0. The van der Waals surface area contributed by atoms with E-state index in [0.717, 1.165) is 23.0 Å². The molecule has 7 nitrogen and oxygen atoms in total. The number of benzene rings is 3. The normalized spacial score (nSPS) is 13.2. The van der Waals surface area contributed by atoms with Gasteiger partial charge in [-0.15, -0.1) is 0 Å². The van der Waals surface area contributed by atoms with Crippen molar-refractivity contribution in [2.45, 2.75) is 52.8 Å². The lowest BCUT2D eigenvalue weighted by Crippen LogP contribution is -2.49. The Morgan fingerprint density at radius 1 is 0.974 bits per heavy atom. The van der Waals surface area contributed by atoms with Crippen molar-refractivity contribution in [3.63, 3.8) is 0 Å². The van der Waals surface area contributed by atoms with E-state index in [1.54, 1.807) is 25.3 Å². The van der Waals surface area contributed by atoms with Gasteiger partial charge in [-0.3, -0.25) is 9.59 Å². The van der Waals surface area contributed by atoms with Crippen molar-refractivity contribution in [3.05, 3.63) is 76.3 Å². The van der Waals surface area contributed by atoms with E-state index in [-0.39, 0.29) is 5.92 Å². The molecule has 0 saturated carbocycles. The van der Waals surface area contributed by atoms with Crippen LogP contribution in [0.1, 0.15) is 39.7 Å². The van der Waals surface area contributed by atoms with Crippen molar-refractivity contribution in [1.82, 2.24) is 15.3 Å². The molecule has 0 spiro atoms. The quantitative estimate of drug-likeness (QED) is 0.168. The number of amides is 2. The molecule has 0 bridgehead atoms. The molecule has 0 unspecified atom stereocenters. The Morgan fingerprint density at radius 3 is 2.44 bits per heavy atom. The second-order valence-corrected chi connectivity index (χ2v) is 10.6. The molecule has 9 heteroatoms. The average Bonchev–Trinajstić information content (AvgIpc) is 3.22. The Morgan fingerprint density at radius 2 is 1.72 bits per heavy atom. The fraction of sp³-hybridized carbons (Fsp3) is 0.300. The number of rotatable bonds is 10. The fourth-order valence-electron chi connectivity index (χ4n) is 4.55. The number of halogens is 2. The van der Waals surface area contributed by atoms with Crippen LogP contribution >= 0.6 is 23.2 Å². The van der Waals surface area contributed by atoms with E-state index in [9.17, 15) is 9.59 Å². The number of carbonyl (C=O) groups is 2. The lowest BCUT2D eigenvalue weighted by molar-refractivity contribution is -0.132. The number of ether oxygens (including phenoxy) is 1. The third kappa shape index (κ3) is 6.72. The SMILES string of the molecule is CCn1c2ccccc2c2cc(/C=N\NC(=O)[C@@H](CC(C)C)NC(=O)[C@@H](C)Oc3ccc(Cl)cc3Cl)ccc21. The first-order chi connectivity index (χ1) is 18.7. The van der Waals surface area contributed by atoms with Crippen LogP contribution in [-0.2, 0) is 16.1 Å². The van der Waals surface area contributed by atoms with Crippen LogP contribution in [-0.4, -0.2) is 34.7 Å². The summed E-state index contributed by atoms with van der Waals surface area (Å²) < 4.78 is 7.97. The standard InChI is InChI=1S/C30H32Cl2N4O3/c1-5-36-26-9-7-6-8-22(26)23-15-20(10-12-27(23)36)17-33-35-30(38)25(14-18(2)3)34-29(37)19(4)39-28-13-11-21(31)16-24(28)32/h6-13,15-19,25H,5,14H2,1-4H3,(H,34,37)(H,35,38)/b33-17-/t19-,25-/m1/s1. The van der Waals surface area contributed by atoms with Crippen LogP contribution in [0.2, 0.25) is 10.0 Å². The Balaban J connectivity index is 1.44. The molecule has 3 aromatic carbocycles. The Hall–Kier alpha value is -3.55. The lowest BCUT2D eigenvalue weighted by atomic mass is 10.0. The van der Waals surface area contributed by atoms with Crippen molar-refractivity contribution in [2.24, 2.45) is 11.0 Å². The highest BCUT2D eigenvalue weighted by atomic mass is 35.5. The molecule has 204 valence electrons. The number of aryl methyl sites for hydroxylation is 1. The highest BCUT2D eigenvalue weighted by molar-refractivity contribution is 6.35. The number of nitrogens with zero attached hydrogens (tertiary/aromatic N) is 2. The van der Waals surface area contributed by atoms with E-state index in [4.69, 9.17) is 27.9 Å². The van der Waals surface area contributed by atoms with Crippen molar-refractivity contribution >= 4 is 63.0 Å². The molecule has 2 amide bonds. The largest absolute Gasteiger partial charge is 0.479 e. The monoisotopic (exact) mass is 566 g/mol. The number of carbonyl (C=O) groups excluding carboxylic acids is 2. The molecule has 4 rings (SSSR count). The van der Waals surface area contributed by atoms with Gasteiger partial charge in [0.15, 0.2) is 6.10 Å². The van der Waals surface area contributed by atoms with Gasteiger partial charge in [0.25, 0.3) is 11.8 Å². The zero-order chi connectivity index (χ0) is 28.1. The van der Waals surface area contributed by atoms with Crippen LogP contribution in [0.4, 0.5) is 0 Å². The van der Waals surface area contributed by atoms with Crippen molar-refractivity contribution in [1.29, 1.82) is 0 Å². The van der Waals surface area contributed by atoms with Gasteiger partial charge in [-0.25, -0.2) is 5.43 Å². The first kappa shape index (κ1) is 28.5. The number of hydrogen-bond acceptors (Lipinski definition) is 4. The highest BCUT2D eigenvalue weighted by Gasteiger charge is 2.25. The van der Waals surface area contributed by atoms with Crippen molar-refractivity contribution < 1.29 is 14.3 Å². The summed E-state index contributed by atoms with van der Waals surface area (Å²) in [5.41, 5.74) is 5.77. The van der Waals surface area contributed by atoms with E-state index in [2.05, 4.69) is 51.6 Å². The van der Waals surface area contributed by atoms with Crippen LogP contribution in [0, 0.1) is 5.92 Å². The summed E-state index contributed by atoms with van der Waals surface area (Å²) in [5.74, 6) is -0.361. The second kappa shape index (κ2) is 12.5. The van der Waals surface area contributed by atoms with E-state index in [1.165, 1.54) is 17.0 Å². The van der Waals surface area contributed by atoms with Crippen LogP contribution in [0.25, 0.3) is 21.8 Å². The van der Waals surface area contributed by atoms with Crippen LogP contribution in [0.15, 0.2) is 65.8 Å². The number of hydrogen-bond donors (Lipinski definition) is 2. The highest BCUT2D eigenvalue weighted by Crippen LogP contribution is 2.30. The first-order valence-electron chi connectivity index (χ1n) is 12.9. The third-order valence-electron chi connectivity index (χ3n) is 6.41. The van der Waals surface area contributed by atoms with E-state index < -0.39 is 24.0 Å². The lowest BCUT2D eigenvalue weighted by Gasteiger charge is -2.22. The maximum atomic E-state index is 13.0. The van der Waals surface area contributed by atoms with Gasteiger partial charge >= 0.3 is 0 Å². The molecule has 1 aromatic heterocycles. The summed E-state index contributed by atoms with van der Waals surface area (Å²) in [6, 6.07) is 18.4. The number of aromatic nitrogens is 1. The summed E-state index contributed by atoms with van der Waals surface area (Å²) in [6.45, 7) is 8.54. The average molecular weight is 568 g/mol. The van der Waals surface area contributed by atoms with Gasteiger partial charge < -0.3 is 14.6 Å². The molecule has 0 fully saturated rings.